The molecule has 0 unspecified atom stereocenters. The predicted octanol–water partition coefficient (Wildman–Crippen LogP) is 4.25. The fraction of sp³-hybridized carbons (Fsp3) is 0.133. The Bertz CT molecular complexity index is 945. The first-order chi connectivity index (χ1) is 12.6. The summed E-state index contributed by atoms with van der Waals surface area (Å²) in [7, 11) is 3.29. The van der Waals surface area contributed by atoms with E-state index in [1.54, 1.807) is 21.6 Å². The van der Waals surface area contributed by atoms with Gasteiger partial charge in [0.2, 0.25) is 5.52 Å². The summed E-state index contributed by atoms with van der Waals surface area (Å²) < 4.78 is 9.70. The van der Waals surface area contributed by atoms with E-state index in [1.807, 2.05) is 30.5 Å². The zero-order valence-corrected chi connectivity index (χ0v) is 15.0. The van der Waals surface area contributed by atoms with Crippen LogP contribution in [0.1, 0.15) is 5.56 Å². The molecule has 9 nitrogen and oxygen atoms in total. The third kappa shape index (κ3) is 4.06. The van der Waals surface area contributed by atoms with Gasteiger partial charge in [-0.3, -0.25) is 15.4 Å². The summed E-state index contributed by atoms with van der Waals surface area (Å²) in [6.45, 7) is 0.0865. The van der Waals surface area contributed by atoms with Crippen molar-refractivity contribution in [2.75, 3.05) is 11.6 Å². The van der Waals surface area contributed by atoms with E-state index in [9.17, 15) is 14.9 Å². The van der Waals surface area contributed by atoms with Gasteiger partial charge >= 0.3 is 11.8 Å². The molecule has 0 saturated carbocycles. The Balaban J connectivity index is 1.65. The molecule has 1 amide bonds. The fourth-order valence-electron chi connectivity index (χ4n) is 2.13. The number of aromatic nitrogens is 2. The zero-order valence-electron chi connectivity index (χ0n) is 13.4. The van der Waals surface area contributed by atoms with Crippen molar-refractivity contribution in [3.05, 3.63) is 52.1 Å². The maximum Gasteiger partial charge on any atom is 0.412 e. The van der Waals surface area contributed by atoms with Gasteiger partial charge in [0.15, 0.2) is 5.52 Å². The Hall–Kier alpha value is -2.79. The molecule has 0 fully saturated rings. The monoisotopic (exact) mass is 392 g/mol. The van der Waals surface area contributed by atoms with Crippen molar-refractivity contribution < 1.29 is 19.1 Å². The average Bonchev–Trinajstić information content (AvgIpc) is 3.11. The molecule has 0 saturated heterocycles. The van der Waals surface area contributed by atoms with Crippen molar-refractivity contribution >= 4 is 50.1 Å². The molecule has 3 aromatic rings. The second-order valence-electron chi connectivity index (χ2n) is 4.95. The number of ether oxygens (including phenoxy) is 1. The Morgan fingerprint density at radius 3 is 2.65 bits per heavy atom. The van der Waals surface area contributed by atoms with Crippen LogP contribution in [0.4, 0.5) is 16.2 Å². The van der Waals surface area contributed by atoms with Crippen LogP contribution < -0.4 is 5.32 Å². The van der Waals surface area contributed by atoms with Gasteiger partial charge in [0.05, 0.1) is 10.6 Å². The highest BCUT2D eigenvalue weighted by Crippen LogP contribution is 2.29. The summed E-state index contributed by atoms with van der Waals surface area (Å²) in [6, 6.07) is 10.2. The summed E-state index contributed by atoms with van der Waals surface area (Å²) in [5.41, 5.74) is 0.818. The number of rotatable bonds is 6. The number of carbonyl (C=O) groups is 1. The fourth-order valence-corrected chi connectivity index (χ4v) is 3.48. The highest BCUT2D eigenvalue weighted by Gasteiger charge is 2.20. The Labute approximate surface area is 155 Å². The van der Waals surface area contributed by atoms with Gasteiger partial charge in [-0.1, -0.05) is 33.7 Å². The third-order valence-corrected chi connectivity index (χ3v) is 5.01. The highest BCUT2D eigenvalue weighted by atomic mass is 33.1. The number of anilines is 1. The molecule has 2 aromatic carbocycles. The number of nitrogens with one attached hydrogen (secondary N) is 1. The molecule has 0 spiro atoms. The van der Waals surface area contributed by atoms with Gasteiger partial charge in [-0.05, 0) is 40.3 Å². The van der Waals surface area contributed by atoms with Crippen LogP contribution in [-0.4, -0.2) is 27.6 Å². The summed E-state index contributed by atoms with van der Waals surface area (Å²) in [5, 5.41) is 20.5. The van der Waals surface area contributed by atoms with E-state index in [0.717, 1.165) is 10.5 Å². The molecule has 0 aliphatic rings. The van der Waals surface area contributed by atoms with Gasteiger partial charge < -0.3 is 4.74 Å². The van der Waals surface area contributed by atoms with E-state index in [1.165, 1.54) is 12.1 Å². The van der Waals surface area contributed by atoms with Crippen LogP contribution in [0.15, 0.2) is 45.9 Å². The lowest BCUT2D eigenvalue weighted by molar-refractivity contribution is -0.383. The molecular formula is C15H12N4O5S2. The van der Waals surface area contributed by atoms with E-state index in [2.05, 4.69) is 20.3 Å². The Morgan fingerprint density at radius 1 is 1.23 bits per heavy atom. The van der Waals surface area contributed by atoms with Crippen LogP contribution in [0.5, 0.6) is 0 Å². The minimum absolute atomic E-state index is 0.0466. The Kier molecular flexibility index (Phi) is 5.58. The molecule has 11 heteroatoms. The molecule has 0 aliphatic heterocycles. The molecule has 0 atom stereocenters. The number of benzene rings is 2. The normalized spacial score (nSPS) is 10.7. The number of fused-ring (bicyclic) bond motifs is 1. The number of non-ortho nitro benzene ring substituents is 1. The predicted molar refractivity (Wildman–Crippen MR) is 98.1 cm³/mol. The standard InChI is InChI=1S/C15H12N4O5S2/c1-25-26-10-4-2-9(3-5-10)8-23-15(20)16-11-6-7-12(19(21)22)14-13(11)17-24-18-14/h2-7H,8H2,1H3,(H,16,20). The first kappa shape index (κ1) is 18.0. The highest BCUT2D eigenvalue weighted by molar-refractivity contribution is 8.76. The number of carbonyl (C=O) groups excluding carboxylic acids is 1. The van der Waals surface area contributed by atoms with Crippen LogP contribution in [0.2, 0.25) is 0 Å². The van der Waals surface area contributed by atoms with Crippen LogP contribution in [0.3, 0.4) is 0 Å². The topological polar surface area (TPSA) is 120 Å². The lowest BCUT2D eigenvalue weighted by Gasteiger charge is -2.07. The van der Waals surface area contributed by atoms with E-state index >= 15 is 0 Å². The maximum atomic E-state index is 12.0. The van der Waals surface area contributed by atoms with Gasteiger partial charge in [-0.15, -0.1) is 0 Å². The third-order valence-electron chi connectivity index (χ3n) is 3.30. The van der Waals surface area contributed by atoms with Crippen molar-refractivity contribution in [3.8, 4) is 0 Å². The average molecular weight is 392 g/mol. The van der Waals surface area contributed by atoms with Gasteiger partial charge in [-0.25, -0.2) is 9.42 Å². The smallest absolute Gasteiger partial charge is 0.412 e. The Morgan fingerprint density at radius 2 is 1.96 bits per heavy atom. The minimum Gasteiger partial charge on any atom is -0.444 e. The second kappa shape index (κ2) is 8.06. The molecule has 0 bridgehead atoms. The zero-order chi connectivity index (χ0) is 18.5. The lowest BCUT2D eigenvalue weighted by Crippen LogP contribution is -2.14. The molecule has 3 rings (SSSR count). The summed E-state index contributed by atoms with van der Waals surface area (Å²) in [6.07, 6.45) is 1.27. The van der Waals surface area contributed by atoms with Crippen molar-refractivity contribution in [3.63, 3.8) is 0 Å². The lowest BCUT2D eigenvalue weighted by atomic mass is 10.2. The molecule has 0 aliphatic carbocycles. The van der Waals surface area contributed by atoms with Crippen molar-refractivity contribution in [1.29, 1.82) is 0 Å². The summed E-state index contributed by atoms with van der Waals surface area (Å²) in [5.74, 6) is 0. The molecule has 26 heavy (non-hydrogen) atoms. The molecule has 1 N–H and O–H groups in total. The number of nitrogens with zero attached hydrogens (tertiary/aromatic N) is 3. The van der Waals surface area contributed by atoms with E-state index in [-0.39, 0.29) is 29.0 Å². The van der Waals surface area contributed by atoms with Crippen LogP contribution in [0, 0.1) is 10.1 Å². The number of hydrogen-bond donors (Lipinski definition) is 1. The van der Waals surface area contributed by atoms with Crippen molar-refractivity contribution in [2.45, 2.75) is 11.5 Å². The first-order valence-corrected chi connectivity index (χ1v) is 9.77. The van der Waals surface area contributed by atoms with Gasteiger partial charge in [0, 0.05) is 11.0 Å². The van der Waals surface area contributed by atoms with Crippen LogP contribution in [-0.2, 0) is 11.3 Å². The van der Waals surface area contributed by atoms with E-state index in [4.69, 9.17) is 4.74 Å². The van der Waals surface area contributed by atoms with Crippen molar-refractivity contribution in [1.82, 2.24) is 10.3 Å². The van der Waals surface area contributed by atoms with Gasteiger partial charge in [-0.2, -0.15) is 0 Å². The van der Waals surface area contributed by atoms with Crippen LogP contribution in [0.25, 0.3) is 11.0 Å². The quantitative estimate of drug-likeness (QED) is 0.373. The minimum atomic E-state index is -0.717. The van der Waals surface area contributed by atoms with Crippen molar-refractivity contribution in [2.24, 2.45) is 0 Å². The molecule has 1 aromatic heterocycles. The number of nitro benzene ring substituents is 1. The van der Waals surface area contributed by atoms with E-state index < -0.39 is 11.0 Å². The van der Waals surface area contributed by atoms with Crippen LogP contribution >= 0.6 is 21.6 Å². The largest absolute Gasteiger partial charge is 0.444 e. The molecular weight excluding hydrogens is 380 g/mol. The molecule has 0 radical (unpaired) electrons. The SMILES string of the molecule is CSSc1ccc(COC(=O)Nc2ccc([N+](=O)[O-])c3nonc23)cc1. The maximum absolute atomic E-state index is 12.0. The summed E-state index contributed by atoms with van der Waals surface area (Å²) in [4.78, 5) is 23.4. The number of hydrogen-bond acceptors (Lipinski definition) is 9. The molecule has 1 heterocycles. The number of amides is 1. The summed E-state index contributed by atoms with van der Waals surface area (Å²) >= 11 is 0. The molecule has 134 valence electrons. The van der Waals surface area contributed by atoms with E-state index in [0.29, 0.717) is 0 Å². The first-order valence-electron chi connectivity index (χ1n) is 7.21. The second-order valence-corrected chi connectivity index (χ2v) is 7.42. The van der Waals surface area contributed by atoms with Gasteiger partial charge in [0.1, 0.15) is 6.61 Å². The number of nitro groups is 1. The van der Waals surface area contributed by atoms with Gasteiger partial charge in [0.25, 0.3) is 0 Å².